The minimum atomic E-state index is -0.198. The minimum absolute atomic E-state index is 0.198. The van der Waals surface area contributed by atoms with Crippen molar-refractivity contribution in [2.24, 2.45) is 0 Å². The van der Waals surface area contributed by atoms with Crippen molar-refractivity contribution in [2.75, 3.05) is 11.1 Å². The van der Waals surface area contributed by atoms with Gasteiger partial charge >= 0.3 is 0 Å². The molecule has 0 aliphatic rings. The summed E-state index contributed by atoms with van der Waals surface area (Å²) in [7, 11) is 0. The number of hydrogen-bond acceptors (Lipinski definition) is 2. The summed E-state index contributed by atoms with van der Waals surface area (Å²) in [5, 5.41) is 3.50. The highest BCUT2D eigenvalue weighted by atomic mass is 127. The van der Waals surface area contributed by atoms with Crippen LogP contribution in [0.5, 0.6) is 0 Å². The standard InChI is InChI=1S/C14H11BrClIN2O/c1-7-10(4-8(15)5-12(7)18)14(20)19-13-3-2-9(16)6-11(13)17/h2-6H,18H2,1H3,(H,19,20). The summed E-state index contributed by atoms with van der Waals surface area (Å²) < 4.78 is 1.65. The van der Waals surface area contributed by atoms with Crippen molar-refractivity contribution in [3.8, 4) is 0 Å². The van der Waals surface area contributed by atoms with E-state index in [1.165, 1.54) is 0 Å². The summed E-state index contributed by atoms with van der Waals surface area (Å²) >= 11 is 11.4. The van der Waals surface area contributed by atoms with Crippen molar-refractivity contribution < 1.29 is 4.79 Å². The Hall–Kier alpha value is -0.790. The lowest BCUT2D eigenvalue weighted by molar-refractivity contribution is 0.102. The van der Waals surface area contributed by atoms with E-state index in [1.54, 1.807) is 30.3 Å². The molecule has 0 aliphatic heterocycles. The van der Waals surface area contributed by atoms with Crippen LogP contribution in [0.15, 0.2) is 34.8 Å². The van der Waals surface area contributed by atoms with Crippen LogP contribution in [0.2, 0.25) is 5.02 Å². The first-order valence-corrected chi connectivity index (χ1v) is 7.95. The number of anilines is 2. The Balaban J connectivity index is 2.33. The maximum absolute atomic E-state index is 12.4. The zero-order valence-corrected chi connectivity index (χ0v) is 15.0. The van der Waals surface area contributed by atoms with E-state index in [4.69, 9.17) is 17.3 Å². The average Bonchev–Trinajstić information content (AvgIpc) is 2.37. The number of hydrogen-bond donors (Lipinski definition) is 2. The molecule has 0 atom stereocenters. The second kappa shape index (κ2) is 6.32. The Morgan fingerprint density at radius 1 is 1.35 bits per heavy atom. The molecule has 2 aromatic carbocycles. The fraction of sp³-hybridized carbons (Fsp3) is 0.0714. The van der Waals surface area contributed by atoms with Crippen LogP contribution in [-0.4, -0.2) is 5.91 Å². The Kier molecular flexibility index (Phi) is 4.93. The van der Waals surface area contributed by atoms with Crippen LogP contribution in [0.25, 0.3) is 0 Å². The molecule has 6 heteroatoms. The van der Waals surface area contributed by atoms with Crippen molar-refractivity contribution in [3.63, 3.8) is 0 Å². The third-order valence-corrected chi connectivity index (χ3v) is 4.42. The first-order chi connectivity index (χ1) is 9.38. The normalized spacial score (nSPS) is 10.4. The summed E-state index contributed by atoms with van der Waals surface area (Å²) in [4.78, 5) is 12.4. The van der Waals surface area contributed by atoms with E-state index in [1.807, 2.05) is 6.92 Å². The molecule has 0 aromatic heterocycles. The molecule has 20 heavy (non-hydrogen) atoms. The van der Waals surface area contributed by atoms with Gasteiger partial charge in [-0.1, -0.05) is 27.5 Å². The van der Waals surface area contributed by atoms with E-state index in [0.717, 1.165) is 19.3 Å². The van der Waals surface area contributed by atoms with Crippen molar-refractivity contribution >= 4 is 67.4 Å². The van der Waals surface area contributed by atoms with Gasteiger partial charge in [-0.05, 0) is 65.4 Å². The number of halogens is 3. The molecule has 0 unspecified atom stereocenters. The van der Waals surface area contributed by atoms with Gasteiger partial charge in [-0.2, -0.15) is 0 Å². The van der Waals surface area contributed by atoms with Gasteiger partial charge in [0.2, 0.25) is 0 Å². The van der Waals surface area contributed by atoms with Crippen LogP contribution in [0.4, 0.5) is 11.4 Å². The molecule has 1 amide bonds. The van der Waals surface area contributed by atoms with E-state index in [-0.39, 0.29) is 5.91 Å². The first kappa shape index (κ1) is 15.6. The summed E-state index contributed by atoms with van der Waals surface area (Å²) in [5.41, 5.74) is 8.48. The van der Waals surface area contributed by atoms with Gasteiger partial charge in [0.25, 0.3) is 5.91 Å². The van der Waals surface area contributed by atoms with Crippen molar-refractivity contribution in [1.29, 1.82) is 0 Å². The maximum atomic E-state index is 12.4. The summed E-state index contributed by atoms with van der Waals surface area (Å²) in [6.07, 6.45) is 0. The number of nitrogen functional groups attached to an aromatic ring is 1. The largest absolute Gasteiger partial charge is 0.398 e. The summed E-state index contributed by atoms with van der Waals surface area (Å²) in [5.74, 6) is -0.198. The smallest absolute Gasteiger partial charge is 0.256 e. The number of rotatable bonds is 2. The molecule has 3 N–H and O–H groups in total. The highest BCUT2D eigenvalue weighted by molar-refractivity contribution is 14.1. The topological polar surface area (TPSA) is 55.1 Å². The lowest BCUT2D eigenvalue weighted by Crippen LogP contribution is -2.15. The third kappa shape index (κ3) is 3.45. The molecule has 2 rings (SSSR count). The molecule has 0 fully saturated rings. The molecule has 0 heterocycles. The van der Waals surface area contributed by atoms with E-state index in [2.05, 4.69) is 43.8 Å². The maximum Gasteiger partial charge on any atom is 0.256 e. The van der Waals surface area contributed by atoms with Crippen LogP contribution in [0.3, 0.4) is 0 Å². The molecule has 3 nitrogen and oxygen atoms in total. The van der Waals surface area contributed by atoms with Gasteiger partial charge in [0.15, 0.2) is 0 Å². The predicted molar refractivity (Wildman–Crippen MR) is 95.4 cm³/mol. The monoisotopic (exact) mass is 464 g/mol. The minimum Gasteiger partial charge on any atom is -0.398 e. The quantitative estimate of drug-likeness (QED) is 0.492. The molecule has 2 aromatic rings. The van der Waals surface area contributed by atoms with Crippen LogP contribution < -0.4 is 11.1 Å². The molecule has 0 bridgehead atoms. The molecule has 0 aliphatic carbocycles. The van der Waals surface area contributed by atoms with Crippen LogP contribution in [0, 0.1) is 10.5 Å². The van der Waals surface area contributed by atoms with E-state index in [0.29, 0.717) is 16.3 Å². The van der Waals surface area contributed by atoms with Gasteiger partial charge in [-0.15, -0.1) is 0 Å². The Morgan fingerprint density at radius 3 is 2.70 bits per heavy atom. The van der Waals surface area contributed by atoms with Crippen molar-refractivity contribution in [2.45, 2.75) is 6.92 Å². The van der Waals surface area contributed by atoms with Gasteiger partial charge in [-0.3, -0.25) is 4.79 Å². The number of amides is 1. The highest BCUT2D eigenvalue weighted by Crippen LogP contribution is 2.26. The van der Waals surface area contributed by atoms with E-state index >= 15 is 0 Å². The number of nitrogens with two attached hydrogens (primary N) is 1. The first-order valence-electron chi connectivity index (χ1n) is 5.70. The van der Waals surface area contributed by atoms with Crippen molar-refractivity contribution in [1.82, 2.24) is 0 Å². The number of carbonyl (C=O) groups excluding carboxylic acids is 1. The number of nitrogens with one attached hydrogen (secondary N) is 1. The fourth-order valence-corrected chi connectivity index (χ4v) is 3.20. The van der Waals surface area contributed by atoms with Crippen LogP contribution in [0.1, 0.15) is 15.9 Å². The van der Waals surface area contributed by atoms with E-state index < -0.39 is 0 Å². The second-order valence-electron chi connectivity index (χ2n) is 4.25. The average molecular weight is 466 g/mol. The molecule has 0 spiro atoms. The van der Waals surface area contributed by atoms with E-state index in [9.17, 15) is 4.79 Å². The zero-order chi connectivity index (χ0) is 14.9. The zero-order valence-electron chi connectivity index (χ0n) is 10.5. The summed E-state index contributed by atoms with van der Waals surface area (Å²) in [6, 6.07) is 8.84. The van der Waals surface area contributed by atoms with Crippen LogP contribution >= 0.6 is 50.1 Å². The van der Waals surface area contributed by atoms with Crippen LogP contribution in [-0.2, 0) is 0 Å². The van der Waals surface area contributed by atoms with Gasteiger partial charge < -0.3 is 11.1 Å². The lowest BCUT2D eigenvalue weighted by Gasteiger charge is -2.11. The molecular weight excluding hydrogens is 454 g/mol. The molecule has 104 valence electrons. The molecule has 0 saturated carbocycles. The predicted octanol–water partition coefficient (Wildman–Crippen LogP) is 4.85. The Morgan fingerprint density at radius 2 is 2.05 bits per heavy atom. The van der Waals surface area contributed by atoms with Gasteiger partial charge in [-0.25, -0.2) is 0 Å². The van der Waals surface area contributed by atoms with Gasteiger partial charge in [0.1, 0.15) is 0 Å². The highest BCUT2D eigenvalue weighted by Gasteiger charge is 2.13. The Labute approximate surface area is 144 Å². The SMILES string of the molecule is Cc1c(N)cc(Br)cc1C(=O)Nc1ccc(Cl)cc1I. The number of carbonyl (C=O) groups is 1. The molecule has 0 radical (unpaired) electrons. The fourth-order valence-electron chi connectivity index (χ4n) is 1.72. The third-order valence-electron chi connectivity index (χ3n) is 2.84. The number of benzene rings is 2. The second-order valence-corrected chi connectivity index (χ2v) is 6.76. The molecular formula is C14H11BrClIN2O. The van der Waals surface area contributed by atoms with Crippen molar-refractivity contribution in [3.05, 3.63) is 54.5 Å². The van der Waals surface area contributed by atoms with Gasteiger partial charge in [0.05, 0.1) is 5.69 Å². The lowest BCUT2D eigenvalue weighted by atomic mass is 10.1. The Bertz CT molecular complexity index is 691. The van der Waals surface area contributed by atoms with Gasteiger partial charge in [0, 0.05) is 24.3 Å². The molecule has 0 saturated heterocycles. The summed E-state index contributed by atoms with van der Waals surface area (Å²) in [6.45, 7) is 1.82.